The number of pyridine rings is 2. The average molecular weight is 376 g/mol. The van der Waals surface area contributed by atoms with E-state index in [9.17, 15) is 9.32 Å². The maximum absolute atomic E-state index is 12.5. The first-order valence-electron chi connectivity index (χ1n) is 8.92. The van der Waals surface area contributed by atoms with E-state index in [4.69, 9.17) is 9.52 Å². The molecule has 2 fully saturated rings. The summed E-state index contributed by atoms with van der Waals surface area (Å²) >= 11 is 0. The van der Waals surface area contributed by atoms with E-state index in [0.717, 1.165) is 29.4 Å². The third-order valence-electron chi connectivity index (χ3n) is 5.38. The van der Waals surface area contributed by atoms with Crippen LogP contribution in [0.3, 0.4) is 0 Å². The molecule has 1 saturated heterocycles. The summed E-state index contributed by atoms with van der Waals surface area (Å²) in [4.78, 5) is 10.8. The smallest absolute Gasteiger partial charge is 0.240 e. The minimum Gasteiger partial charge on any atom is -0.479 e. The highest BCUT2D eigenvalue weighted by molar-refractivity contribution is 7.93. The van der Waals surface area contributed by atoms with Crippen LogP contribution < -0.4 is 9.64 Å². The number of nitrogens with one attached hydrogen (secondary N) is 1. The SMILES string of the molecule is COc1nccc2c(N3CCC(O)(CS(=N)(=O)C4CC4)CC3)ccnc12. The Labute approximate surface area is 153 Å². The molecule has 2 N–H and O–H groups in total. The molecule has 1 aliphatic heterocycles. The quantitative estimate of drug-likeness (QED) is 0.830. The first kappa shape index (κ1) is 17.5. The lowest BCUT2D eigenvalue weighted by molar-refractivity contribution is 0.0389. The van der Waals surface area contributed by atoms with Gasteiger partial charge in [0, 0.05) is 51.5 Å². The van der Waals surface area contributed by atoms with Gasteiger partial charge in [-0.2, -0.15) is 0 Å². The second-order valence-electron chi connectivity index (χ2n) is 7.33. The molecule has 1 saturated carbocycles. The van der Waals surface area contributed by atoms with E-state index in [1.807, 2.05) is 12.1 Å². The number of anilines is 1. The van der Waals surface area contributed by atoms with E-state index in [2.05, 4.69) is 14.9 Å². The maximum Gasteiger partial charge on any atom is 0.240 e. The molecule has 7 nitrogen and oxygen atoms in total. The highest BCUT2D eigenvalue weighted by Gasteiger charge is 2.41. The van der Waals surface area contributed by atoms with Crippen LogP contribution in [0.1, 0.15) is 25.7 Å². The van der Waals surface area contributed by atoms with Crippen LogP contribution in [-0.4, -0.2) is 56.1 Å². The average Bonchev–Trinajstić information content (AvgIpc) is 3.46. The fourth-order valence-corrected chi connectivity index (χ4v) is 5.96. The number of hydrogen-bond acceptors (Lipinski definition) is 7. The van der Waals surface area contributed by atoms with Crippen LogP contribution >= 0.6 is 0 Å². The molecule has 140 valence electrons. The fourth-order valence-electron chi connectivity index (χ4n) is 3.74. The lowest BCUT2D eigenvalue weighted by Gasteiger charge is -2.39. The van der Waals surface area contributed by atoms with Crippen LogP contribution in [0.5, 0.6) is 5.88 Å². The molecule has 3 heterocycles. The summed E-state index contributed by atoms with van der Waals surface area (Å²) in [6, 6.07) is 3.88. The Balaban J connectivity index is 1.54. The Hall–Kier alpha value is -1.93. The Bertz CT molecular complexity index is 919. The van der Waals surface area contributed by atoms with Crippen molar-refractivity contribution in [2.75, 3.05) is 30.9 Å². The lowest BCUT2D eigenvalue weighted by Crippen LogP contribution is -2.48. The lowest BCUT2D eigenvalue weighted by atomic mass is 9.93. The van der Waals surface area contributed by atoms with Crippen molar-refractivity contribution in [3.05, 3.63) is 24.5 Å². The van der Waals surface area contributed by atoms with Gasteiger partial charge in [-0.05, 0) is 37.8 Å². The van der Waals surface area contributed by atoms with E-state index < -0.39 is 15.3 Å². The number of aromatic nitrogens is 2. The van der Waals surface area contributed by atoms with Gasteiger partial charge in [0.2, 0.25) is 5.88 Å². The van der Waals surface area contributed by atoms with Gasteiger partial charge in [0.05, 0.1) is 18.5 Å². The molecule has 0 amide bonds. The fraction of sp³-hybridized carbons (Fsp3) is 0.556. The van der Waals surface area contributed by atoms with E-state index in [-0.39, 0.29) is 11.0 Å². The van der Waals surface area contributed by atoms with Gasteiger partial charge in [-0.3, -0.25) is 9.76 Å². The molecule has 0 spiro atoms. The third kappa shape index (κ3) is 3.23. The highest BCUT2D eigenvalue weighted by atomic mass is 32.2. The number of aliphatic hydroxyl groups is 1. The van der Waals surface area contributed by atoms with Crippen LogP contribution in [0.4, 0.5) is 5.69 Å². The monoisotopic (exact) mass is 376 g/mol. The van der Waals surface area contributed by atoms with Gasteiger partial charge in [-0.1, -0.05) is 0 Å². The first-order chi connectivity index (χ1) is 12.4. The van der Waals surface area contributed by atoms with Crippen LogP contribution in [-0.2, 0) is 9.73 Å². The summed E-state index contributed by atoms with van der Waals surface area (Å²) in [5.74, 6) is 0.601. The summed E-state index contributed by atoms with van der Waals surface area (Å²) in [5, 5.41) is 11.8. The molecule has 1 unspecified atom stereocenters. The van der Waals surface area contributed by atoms with Gasteiger partial charge in [0.25, 0.3) is 0 Å². The van der Waals surface area contributed by atoms with E-state index in [1.54, 1.807) is 19.5 Å². The maximum atomic E-state index is 12.5. The molecule has 1 aliphatic carbocycles. The number of rotatable bonds is 5. The number of piperidine rings is 1. The normalized spacial score (nSPS) is 22.2. The van der Waals surface area contributed by atoms with Gasteiger partial charge in [0.15, 0.2) is 0 Å². The van der Waals surface area contributed by atoms with Crippen LogP contribution in [0.2, 0.25) is 0 Å². The minimum atomic E-state index is -2.67. The number of methoxy groups -OCH3 is 1. The molecule has 2 aromatic heterocycles. The highest BCUT2D eigenvalue weighted by Crippen LogP contribution is 2.36. The van der Waals surface area contributed by atoms with E-state index >= 15 is 0 Å². The molecular formula is C18H24N4O3S. The number of hydrogen-bond donors (Lipinski definition) is 2. The van der Waals surface area contributed by atoms with Crippen molar-refractivity contribution in [2.45, 2.75) is 36.5 Å². The largest absolute Gasteiger partial charge is 0.479 e. The van der Waals surface area contributed by atoms with Crippen molar-refractivity contribution in [1.82, 2.24) is 9.97 Å². The summed E-state index contributed by atoms with van der Waals surface area (Å²) in [6.45, 7) is 1.31. The summed E-state index contributed by atoms with van der Waals surface area (Å²) < 4.78 is 25.9. The Morgan fingerprint density at radius 1 is 1.31 bits per heavy atom. The van der Waals surface area contributed by atoms with Crippen molar-refractivity contribution in [2.24, 2.45) is 0 Å². The molecule has 8 heteroatoms. The minimum absolute atomic E-state index is 0.00587. The van der Waals surface area contributed by atoms with Crippen molar-refractivity contribution in [3.63, 3.8) is 0 Å². The van der Waals surface area contributed by atoms with Crippen LogP contribution in [0.15, 0.2) is 24.5 Å². The van der Waals surface area contributed by atoms with Crippen LogP contribution in [0.25, 0.3) is 10.9 Å². The summed E-state index contributed by atoms with van der Waals surface area (Å²) in [6.07, 6.45) is 6.21. The van der Waals surface area contributed by atoms with Gasteiger partial charge < -0.3 is 14.7 Å². The molecule has 1 atom stereocenters. The summed E-state index contributed by atoms with van der Waals surface area (Å²) in [5.41, 5.74) is 0.753. The van der Waals surface area contributed by atoms with Gasteiger partial charge in [-0.25, -0.2) is 9.19 Å². The summed E-state index contributed by atoms with van der Waals surface area (Å²) in [7, 11) is -1.10. The third-order valence-corrected chi connectivity index (χ3v) is 7.89. The predicted molar refractivity (Wildman–Crippen MR) is 101 cm³/mol. The zero-order valence-electron chi connectivity index (χ0n) is 14.9. The first-order valence-corrected chi connectivity index (χ1v) is 10.7. The number of ether oxygens (including phenoxy) is 1. The predicted octanol–water partition coefficient (Wildman–Crippen LogP) is 2.18. The van der Waals surface area contributed by atoms with Gasteiger partial charge in [-0.15, -0.1) is 0 Å². The topological polar surface area (TPSA) is 99.4 Å². The molecule has 0 radical (unpaired) electrons. The Morgan fingerprint density at radius 3 is 2.65 bits per heavy atom. The molecule has 4 rings (SSSR count). The van der Waals surface area contributed by atoms with Gasteiger partial charge in [0.1, 0.15) is 5.52 Å². The van der Waals surface area contributed by atoms with Crippen molar-refractivity contribution in [3.8, 4) is 5.88 Å². The van der Waals surface area contributed by atoms with E-state index in [1.165, 1.54) is 0 Å². The van der Waals surface area contributed by atoms with Crippen molar-refractivity contribution >= 4 is 26.3 Å². The molecular weight excluding hydrogens is 352 g/mol. The number of fused-ring (bicyclic) bond motifs is 1. The zero-order chi connectivity index (χ0) is 18.4. The van der Waals surface area contributed by atoms with Crippen LogP contribution in [0, 0.1) is 4.78 Å². The molecule has 26 heavy (non-hydrogen) atoms. The van der Waals surface area contributed by atoms with Gasteiger partial charge >= 0.3 is 0 Å². The van der Waals surface area contributed by atoms with E-state index in [0.29, 0.717) is 31.8 Å². The van der Waals surface area contributed by atoms with Crippen molar-refractivity contribution in [1.29, 1.82) is 4.78 Å². The second-order valence-corrected chi connectivity index (χ2v) is 9.74. The Kier molecular flexibility index (Phi) is 4.27. The molecule has 0 bridgehead atoms. The molecule has 2 aliphatic rings. The number of nitrogens with zero attached hydrogens (tertiary/aromatic N) is 3. The molecule has 0 aromatic carbocycles. The zero-order valence-corrected chi connectivity index (χ0v) is 15.7. The molecule has 2 aromatic rings. The van der Waals surface area contributed by atoms with Crippen molar-refractivity contribution < 1.29 is 14.1 Å². The Morgan fingerprint density at radius 2 is 2.00 bits per heavy atom. The standard InChI is InChI=1S/C18H24N4O3S/c1-25-17-16-14(4-8-21-17)15(5-9-20-16)22-10-6-18(23,7-11-22)12-26(19,24)13-2-3-13/h4-5,8-9,13,19,23H,2-3,6-7,10-12H2,1H3. The second kappa shape index (κ2) is 6.35.